The lowest BCUT2D eigenvalue weighted by Crippen LogP contribution is -2.20. The molecule has 2 N–H and O–H groups in total. The van der Waals surface area contributed by atoms with Crippen molar-refractivity contribution in [2.75, 3.05) is 11.9 Å². The van der Waals surface area contributed by atoms with E-state index in [1.807, 2.05) is 0 Å². The Hall–Kier alpha value is -1.91. The Bertz CT molecular complexity index is 614. The minimum absolute atomic E-state index is 0.0609. The number of phenols is 1. The van der Waals surface area contributed by atoms with Crippen molar-refractivity contribution in [1.29, 1.82) is 0 Å². The Morgan fingerprint density at radius 1 is 1.10 bits per heavy atom. The summed E-state index contributed by atoms with van der Waals surface area (Å²) in [6, 6.07) is 11.0. The number of carbonyl (C=O) groups is 1. The maximum atomic E-state index is 11.7. The lowest BCUT2D eigenvalue weighted by Gasteiger charge is -2.09. The molecule has 0 saturated heterocycles. The zero-order valence-corrected chi connectivity index (χ0v) is 11.8. The number of rotatable bonds is 4. The fraction of sp³-hybridized carbons (Fsp3) is 0.0714. The van der Waals surface area contributed by atoms with E-state index in [0.29, 0.717) is 15.8 Å². The van der Waals surface area contributed by atoms with Gasteiger partial charge >= 0.3 is 0 Å². The predicted molar refractivity (Wildman–Crippen MR) is 78.7 cm³/mol. The largest absolute Gasteiger partial charge is 0.506 e. The number of phenolic OH excluding ortho intramolecular Hbond substituents is 1. The minimum Gasteiger partial charge on any atom is -0.506 e. The molecule has 20 heavy (non-hydrogen) atoms. The van der Waals surface area contributed by atoms with Gasteiger partial charge in [0.15, 0.2) is 6.61 Å². The summed E-state index contributed by atoms with van der Waals surface area (Å²) in [6.45, 7) is -0.187. The first-order valence-electron chi connectivity index (χ1n) is 5.71. The molecule has 2 aromatic rings. The second-order valence-electron chi connectivity index (χ2n) is 3.95. The molecule has 104 valence electrons. The Kier molecular flexibility index (Phi) is 4.71. The second-order valence-corrected chi connectivity index (χ2v) is 4.83. The van der Waals surface area contributed by atoms with Gasteiger partial charge in [-0.05, 0) is 42.5 Å². The fourth-order valence-electron chi connectivity index (χ4n) is 1.47. The average molecular weight is 312 g/mol. The highest BCUT2D eigenvalue weighted by atomic mass is 35.5. The van der Waals surface area contributed by atoms with Gasteiger partial charge in [0.1, 0.15) is 11.5 Å². The van der Waals surface area contributed by atoms with Crippen LogP contribution in [0.3, 0.4) is 0 Å². The number of ether oxygens (including phenoxy) is 1. The van der Waals surface area contributed by atoms with Gasteiger partial charge in [0, 0.05) is 10.0 Å². The molecule has 0 spiro atoms. The molecule has 4 nitrogen and oxygen atoms in total. The van der Waals surface area contributed by atoms with E-state index in [1.165, 1.54) is 18.2 Å². The van der Waals surface area contributed by atoms with Crippen molar-refractivity contribution < 1.29 is 14.6 Å². The van der Waals surface area contributed by atoms with Crippen molar-refractivity contribution in [3.05, 3.63) is 52.5 Å². The molecule has 6 heteroatoms. The van der Waals surface area contributed by atoms with E-state index in [9.17, 15) is 9.90 Å². The summed E-state index contributed by atoms with van der Waals surface area (Å²) >= 11 is 11.5. The van der Waals surface area contributed by atoms with Gasteiger partial charge in [0.25, 0.3) is 5.91 Å². The molecule has 0 saturated carbocycles. The molecule has 0 unspecified atom stereocenters. The Morgan fingerprint density at radius 3 is 2.45 bits per heavy atom. The first kappa shape index (κ1) is 14.5. The van der Waals surface area contributed by atoms with E-state index >= 15 is 0 Å². The molecule has 0 aliphatic rings. The molecular weight excluding hydrogens is 301 g/mol. The van der Waals surface area contributed by atoms with Gasteiger partial charge in [-0.1, -0.05) is 23.2 Å². The van der Waals surface area contributed by atoms with Crippen molar-refractivity contribution in [2.45, 2.75) is 0 Å². The number of carbonyl (C=O) groups excluding carboxylic acids is 1. The standard InChI is InChI=1S/C14H11Cl2NO3/c15-9-1-4-11(5-2-9)20-8-14(19)17-12-7-10(16)3-6-13(12)18/h1-7,18H,8H2,(H,17,19). The number of halogens is 2. The van der Waals surface area contributed by atoms with Crippen molar-refractivity contribution in [3.63, 3.8) is 0 Å². The quantitative estimate of drug-likeness (QED) is 0.846. The van der Waals surface area contributed by atoms with Crippen molar-refractivity contribution in [3.8, 4) is 11.5 Å². The molecule has 0 aromatic heterocycles. The monoisotopic (exact) mass is 311 g/mol. The zero-order chi connectivity index (χ0) is 14.5. The number of anilines is 1. The lowest BCUT2D eigenvalue weighted by atomic mass is 10.3. The topological polar surface area (TPSA) is 58.6 Å². The Labute approximate surface area is 125 Å². The van der Waals surface area contributed by atoms with Gasteiger partial charge in [0.05, 0.1) is 5.69 Å². The normalized spacial score (nSPS) is 10.1. The van der Waals surface area contributed by atoms with E-state index in [4.69, 9.17) is 27.9 Å². The summed E-state index contributed by atoms with van der Waals surface area (Å²) in [5, 5.41) is 13.1. The van der Waals surface area contributed by atoms with Crippen LogP contribution in [0.15, 0.2) is 42.5 Å². The average Bonchev–Trinajstić information content (AvgIpc) is 2.42. The van der Waals surface area contributed by atoms with Crippen molar-refractivity contribution in [1.82, 2.24) is 0 Å². The summed E-state index contributed by atoms with van der Waals surface area (Å²) in [5.74, 6) is 0.0617. The first-order chi connectivity index (χ1) is 9.54. The van der Waals surface area contributed by atoms with Gasteiger partial charge in [-0.15, -0.1) is 0 Å². The molecule has 0 aliphatic carbocycles. The van der Waals surface area contributed by atoms with Gasteiger partial charge in [-0.3, -0.25) is 4.79 Å². The highest BCUT2D eigenvalue weighted by molar-refractivity contribution is 6.31. The van der Waals surface area contributed by atoms with Gasteiger partial charge in [-0.25, -0.2) is 0 Å². The maximum Gasteiger partial charge on any atom is 0.262 e. The van der Waals surface area contributed by atoms with Crippen molar-refractivity contribution >= 4 is 34.8 Å². The number of aromatic hydroxyl groups is 1. The molecule has 1 amide bonds. The maximum absolute atomic E-state index is 11.7. The van der Waals surface area contributed by atoms with E-state index in [0.717, 1.165) is 0 Å². The van der Waals surface area contributed by atoms with Crippen LogP contribution in [0.5, 0.6) is 11.5 Å². The SMILES string of the molecule is O=C(COc1ccc(Cl)cc1)Nc1cc(Cl)ccc1O. The summed E-state index contributed by atoms with van der Waals surface area (Å²) in [6.07, 6.45) is 0. The number of benzene rings is 2. The van der Waals surface area contributed by atoms with Crippen molar-refractivity contribution in [2.24, 2.45) is 0 Å². The molecule has 0 aliphatic heterocycles. The van der Waals surface area contributed by atoms with Crippen LogP contribution in [-0.2, 0) is 4.79 Å². The van der Waals surface area contributed by atoms with E-state index in [-0.39, 0.29) is 18.0 Å². The van der Waals surface area contributed by atoms with Crippen LogP contribution in [0, 0.1) is 0 Å². The molecule has 0 fully saturated rings. The molecule has 0 heterocycles. The lowest BCUT2D eigenvalue weighted by molar-refractivity contribution is -0.118. The highest BCUT2D eigenvalue weighted by Crippen LogP contribution is 2.26. The number of amides is 1. The van der Waals surface area contributed by atoms with Crippen LogP contribution in [0.1, 0.15) is 0 Å². The molecule has 2 aromatic carbocycles. The molecular formula is C14H11Cl2NO3. The summed E-state index contributed by atoms with van der Waals surface area (Å²) < 4.78 is 5.28. The van der Waals surface area contributed by atoms with Gasteiger partial charge in [-0.2, -0.15) is 0 Å². The van der Waals surface area contributed by atoms with E-state index < -0.39 is 5.91 Å². The first-order valence-corrected chi connectivity index (χ1v) is 6.47. The summed E-state index contributed by atoms with van der Waals surface area (Å²) in [5.41, 5.74) is 0.238. The number of nitrogens with one attached hydrogen (secondary N) is 1. The Morgan fingerprint density at radius 2 is 1.75 bits per heavy atom. The third-order valence-corrected chi connectivity index (χ3v) is 2.90. The zero-order valence-electron chi connectivity index (χ0n) is 10.3. The smallest absolute Gasteiger partial charge is 0.262 e. The molecule has 0 radical (unpaired) electrons. The van der Waals surface area contributed by atoms with E-state index in [2.05, 4.69) is 5.32 Å². The third kappa shape index (κ3) is 4.05. The predicted octanol–water partition coefficient (Wildman–Crippen LogP) is 3.72. The summed E-state index contributed by atoms with van der Waals surface area (Å²) in [4.78, 5) is 11.7. The second kappa shape index (κ2) is 6.50. The molecule has 2 rings (SSSR count). The van der Waals surface area contributed by atoms with Crippen LogP contribution < -0.4 is 10.1 Å². The highest BCUT2D eigenvalue weighted by Gasteiger charge is 2.08. The number of hydrogen-bond donors (Lipinski definition) is 2. The van der Waals surface area contributed by atoms with Gasteiger partial charge in [0.2, 0.25) is 0 Å². The minimum atomic E-state index is -0.405. The number of hydrogen-bond acceptors (Lipinski definition) is 3. The van der Waals surface area contributed by atoms with Crippen LogP contribution in [0.25, 0.3) is 0 Å². The van der Waals surface area contributed by atoms with Crippen LogP contribution in [0.2, 0.25) is 10.0 Å². The molecule has 0 bridgehead atoms. The van der Waals surface area contributed by atoms with Crippen LogP contribution in [0.4, 0.5) is 5.69 Å². The van der Waals surface area contributed by atoms with Crippen LogP contribution in [-0.4, -0.2) is 17.6 Å². The van der Waals surface area contributed by atoms with Gasteiger partial charge < -0.3 is 15.2 Å². The fourth-order valence-corrected chi connectivity index (χ4v) is 1.77. The molecule has 0 atom stereocenters. The Balaban J connectivity index is 1.92. The van der Waals surface area contributed by atoms with Crippen LogP contribution >= 0.6 is 23.2 Å². The van der Waals surface area contributed by atoms with E-state index in [1.54, 1.807) is 24.3 Å². The third-order valence-electron chi connectivity index (χ3n) is 2.42. The summed E-state index contributed by atoms with van der Waals surface area (Å²) in [7, 11) is 0.